The van der Waals surface area contributed by atoms with E-state index in [1.807, 2.05) is 0 Å². The van der Waals surface area contributed by atoms with E-state index >= 15 is 0 Å². The Hall–Kier alpha value is -0.120. The summed E-state index contributed by atoms with van der Waals surface area (Å²) in [5.41, 5.74) is 0.215. The number of nitrogens with one attached hydrogen (secondary N) is 2. The van der Waals surface area contributed by atoms with E-state index in [1.54, 1.807) is 0 Å². The third-order valence-electron chi connectivity index (χ3n) is 3.95. The van der Waals surface area contributed by atoms with Crippen molar-refractivity contribution < 1.29 is 14.2 Å². The lowest BCUT2D eigenvalue weighted by Crippen LogP contribution is -2.44. The van der Waals surface area contributed by atoms with Gasteiger partial charge in [-0.25, -0.2) is 0 Å². The van der Waals surface area contributed by atoms with Crippen molar-refractivity contribution in [3.05, 3.63) is 0 Å². The van der Waals surface area contributed by atoms with Gasteiger partial charge in [0, 0.05) is 31.7 Å². The molecule has 0 amide bonds. The van der Waals surface area contributed by atoms with Crippen molar-refractivity contribution in [2.24, 2.45) is 10.4 Å². The Kier molecular flexibility index (Phi) is 10.4. The molecule has 1 atom stereocenters. The van der Waals surface area contributed by atoms with E-state index in [2.05, 4.69) is 29.5 Å². The molecular formula is C16H32IN3O3. The first kappa shape index (κ1) is 20.9. The van der Waals surface area contributed by atoms with Gasteiger partial charge in [0.1, 0.15) is 0 Å². The Bertz CT molecular complexity index is 345. The maximum absolute atomic E-state index is 5.66. The molecule has 2 N–H and O–H groups in total. The van der Waals surface area contributed by atoms with Crippen molar-refractivity contribution in [1.82, 2.24) is 10.6 Å². The lowest BCUT2D eigenvalue weighted by molar-refractivity contribution is -0.0945. The Morgan fingerprint density at radius 3 is 2.78 bits per heavy atom. The zero-order valence-electron chi connectivity index (χ0n) is 14.4. The summed E-state index contributed by atoms with van der Waals surface area (Å²) >= 11 is 0. The molecule has 6 nitrogen and oxygen atoms in total. The quantitative estimate of drug-likeness (QED) is 0.247. The Balaban J connectivity index is 0.00000264. The van der Waals surface area contributed by atoms with Crippen LogP contribution in [0, 0.1) is 5.41 Å². The molecule has 0 spiro atoms. The summed E-state index contributed by atoms with van der Waals surface area (Å²) < 4.78 is 16.4. The van der Waals surface area contributed by atoms with E-state index < -0.39 is 0 Å². The molecule has 2 rings (SSSR count). The van der Waals surface area contributed by atoms with Crippen molar-refractivity contribution in [3.63, 3.8) is 0 Å². The van der Waals surface area contributed by atoms with Crippen LogP contribution < -0.4 is 10.6 Å². The lowest BCUT2D eigenvalue weighted by Gasteiger charge is -2.36. The lowest BCUT2D eigenvalue weighted by atomic mass is 9.89. The smallest absolute Gasteiger partial charge is 0.191 e. The topological polar surface area (TPSA) is 64.1 Å². The molecule has 2 aliphatic heterocycles. The first-order valence-electron chi connectivity index (χ1n) is 8.51. The predicted octanol–water partition coefficient (Wildman–Crippen LogP) is 1.78. The highest BCUT2D eigenvalue weighted by molar-refractivity contribution is 14.0. The van der Waals surface area contributed by atoms with E-state index in [-0.39, 0.29) is 29.4 Å². The van der Waals surface area contributed by atoms with E-state index in [0.29, 0.717) is 6.10 Å². The van der Waals surface area contributed by atoms with E-state index in [1.165, 1.54) is 6.42 Å². The molecule has 1 unspecified atom stereocenters. The van der Waals surface area contributed by atoms with Gasteiger partial charge in [-0.2, -0.15) is 0 Å². The fraction of sp³-hybridized carbons (Fsp3) is 0.938. The highest BCUT2D eigenvalue weighted by Crippen LogP contribution is 2.26. The standard InChI is InChI=1S/C16H31N3O3.HI/c1-3-17-15(19-11-16(2)12-21-13-16)18-7-5-8-20-10-14-6-4-9-22-14;/h14H,3-13H2,1-2H3,(H2,17,18,19);1H. The molecule has 0 aromatic carbocycles. The fourth-order valence-electron chi connectivity index (χ4n) is 2.53. The molecule has 2 saturated heterocycles. The zero-order chi connectivity index (χ0) is 15.7. The molecule has 0 aromatic rings. The third kappa shape index (κ3) is 8.00. The largest absolute Gasteiger partial charge is 0.380 e. The van der Waals surface area contributed by atoms with E-state index in [9.17, 15) is 0 Å². The highest BCUT2D eigenvalue weighted by Gasteiger charge is 2.33. The molecule has 0 bridgehead atoms. The van der Waals surface area contributed by atoms with Crippen LogP contribution in [0.2, 0.25) is 0 Å². The van der Waals surface area contributed by atoms with Gasteiger partial charge in [0.25, 0.3) is 0 Å². The van der Waals surface area contributed by atoms with Gasteiger partial charge in [-0.05, 0) is 26.2 Å². The molecule has 136 valence electrons. The minimum Gasteiger partial charge on any atom is -0.380 e. The van der Waals surface area contributed by atoms with Crippen LogP contribution >= 0.6 is 24.0 Å². The average molecular weight is 441 g/mol. The van der Waals surface area contributed by atoms with Gasteiger partial charge in [-0.1, -0.05) is 6.92 Å². The zero-order valence-corrected chi connectivity index (χ0v) is 16.8. The van der Waals surface area contributed by atoms with Gasteiger partial charge in [0.2, 0.25) is 0 Å². The average Bonchev–Trinajstić information content (AvgIpc) is 2.99. The number of aliphatic imine (C=N–C) groups is 1. The van der Waals surface area contributed by atoms with E-state index in [4.69, 9.17) is 14.2 Å². The monoisotopic (exact) mass is 441 g/mol. The first-order valence-corrected chi connectivity index (χ1v) is 8.51. The molecule has 0 aliphatic carbocycles. The van der Waals surface area contributed by atoms with Crippen LogP contribution in [0.3, 0.4) is 0 Å². The van der Waals surface area contributed by atoms with Gasteiger partial charge in [-0.3, -0.25) is 4.99 Å². The van der Waals surface area contributed by atoms with Crippen molar-refractivity contribution in [1.29, 1.82) is 0 Å². The second-order valence-electron chi connectivity index (χ2n) is 6.49. The highest BCUT2D eigenvalue weighted by atomic mass is 127. The fourth-order valence-corrected chi connectivity index (χ4v) is 2.53. The first-order chi connectivity index (χ1) is 10.7. The van der Waals surface area contributed by atoms with Crippen LogP contribution in [-0.4, -0.2) is 64.7 Å². The second-order valence-corrected chi connectivity index (χ2v) is 6.49. The van der Waals surface area contributed by atoms with Crippen LogP contribution in [0.1, 0.15) is 33.1 Å². The number of guanidine groups is 1. The molecule has 2 heterocycles. The van der Waals surface area contributed by atoms with Gasteiger partial charge < -0.3 is 24.8 Å². The molecule has 7 heteroatoms. The van der Waals surface area contributed by atoms with E-state index in [0.717, 1.165) is 71.5 Å². The number of ether oxygens (including phenoxy) is 3. The van der Waals surface area contributed by atoms with Gasteiger partial charge >= 0.3 is 0 Å². The van der Waals surface area contributed by atoms with Crippen LogP contribution in [-0.2, 0) is 14.2 Å². The number of hydrogen-bond acceptors (Lipinski definition) is 4. The molecule has 23 heavy (non-hydrogen) atoms. The van der Waals surface area contributed by atoms with Crippen molar-refractivity contribution in [2.45, 2.75) is 39.2 Å². The summed E-state index contributed by atoms with van der Waals surface area (Å²) in [6.07, 6.45) is 3.59. The maximum Gasteiger partial charge on any atom is 0.191 e. The molecular weight excluding hydrogens is 409 g/mol. The Morgan fingerprint density at radius 1 is 1.35 bits per heavy atom. The predicted molar refractivity (Wildman–Crippen MR) is 103 cm³/mol. The number of nitrogens with zero attached hydrogens (tertiary/aromatic N) is 1. The third-order valence-corrected chi connectivity index (χ3v) is 3.95. The minimum absolute atomic E-state index is 0. The van der Waals surface area contributed by atoms with Crippen LogP contribution in [0.4, 0.5) is 0 Å². The summed E-state index contributed by atoms with van der Waals surface area (Å²) in [6, 6.07) is 0. The number of hydrogen-bond donors (Lipinski definition) is 2. The summed E-state index contributed by atoms with van der Waals surface area (Å²) in [7, 11) is 0. The van der Waals surface area contributed by atoms with Gasteiger partial charge in [-0.15, -0.1) is 24.0 Å². The van der Waals surface area contributed by atoms with Gasteiger partial charge in [0.15, 0.2) is 5.96 Å². The van der Waals surface area contributed by atoms with Crippen molar-refractivity contribution in [2.75, 3.05) is 52.7 Å². The summed E-state index contributed by atoms with van der Waals surface area (Å²) in [5, 5.41) is 6.63. The van der Waals surface area contributed by atoms with Gasteiger partial charge in [0.05, 0.1) is 32.5 Å². The minimum atomic E-state index is 0. The normalized spacial score (nSPS) is 23.0. The van der Waals surface area contributed by atoms with Crippen LogP contribution in [0.15, 0.2) is 4.99 Å². The molecule has 0 saturated carbocycles. The summed E-state index contributed by atoms with van der Waals surface area (Å²) in [5.74, 6) is 0.884. The molecule has 2 aliphatic rings. The molecule has 0 radical (unpaired) electrons. The number of halogens is 1. The summed E-state index contributed by atoms with van der Waals surface area (Å²) in [6.45, 7) is 10.8. The van der Waals surface area contributed by atoms with Crippen LogP contribution in [0.25, 0.3) is 0 Å². The molecule has 0 aromatic heterocycles. The Morgan fingerprint density at radius 2 is 2.17 bits per heavy atom. The SMILES string of the molecule is CCNC(=NCC1(C)COC1)NCCCOCC1CCCO1.I. The Labute approximate surface area is 157 Å². The molecule has 2 fully saturated rings. The summed E-state index contributed by atoms with van der Waals surface area (Å²) in [4.78, 5) is 4.64. The van der Waals surface area contributed by atoms with Crippen molar-refractivity contribution in [3.8, 4) is 0 Å². The number of rotatable bonds is 9. The van der Waals surface area contributed by atoms with Crippen molar-refractivity contribution >= 4 is 29.9 Å². The maximum atomic E-state index is 5.66. The second kappa shape index (κ2) is 11.4. The van der Waals surface area contributed by atoms with Crippen LogP contribution in [0.5, 0.6) is 0 Å².